The standard InChI is InChI=1S/C28H35BrN6O3/c1-4-28(2,3)38-27(36)35-11-10-34(19-21(35)16-20-8-6-5-7-9-20)25-24-22(29)17-30-18-23(24)31-26(32-25)33-12-14-37-15-13-33/h5-9,17-18,21H,4,10-16,19H2,1-3H3. The van der Waals surface area contributed by atoms with Gasteiger partial charge in [-0.15, -0.1) is 0 Å². The number of hydrogen-bond acceptors (Lipinski definition) is 8. The van der Waals surface area contributed by atoms with Crippen LogP contribution in [0.4, 0.5) is 16.6 Å². The van der Waals surface area contributed by atoms with Crippen molar-refractivity contribution in [3.05, 3.63) is 52.8 Å². The molecule has 2 aliphatic heterocycles. The number of morpholine rings is 1. The summed E-state index contributed by atoms with van der Waals surface area (Å²) in [6, 6.07) is 10.2. The number of rotatable bonds is 6. The molecule has 0 radical (unpaired) electrons. The molecule has 2 aromatic heterocycles. The quantitative estimate of drug-likeness (QED) is 0.414. The zero-order chi connectivity index (χ0) is 26.7. The largest absolute Gasteiger partial charge is 0.443 e. The van der Waals surface area contributed by atoms with Crippen LogP contribution in [0.1, 0.15) is 32.8 Å². The molecule has 9 nitrogen and oxygen atoms in total. The van der Waals surface area contributed by atoms with E-state index in [9.17, 15) is 4.79 Å². The topological polar surface area (TPSA) is 83.9 Å². The summed E-state index contributed by atoms with van der Waals surface area (Å²) in [5.41, 5.74) is 1.45. The number of piperazine rings is 1. The fourth-order valence-electron chi connectivity index (χ4n) is 4.86. The second-order valence-corrected chi connectivity index (χ2v) is 11.3. The number of pyridine rings is 1. The first-order chi connectivity index (χ1) is 18.3. The molecule has 4 heterocycles. The van der Waals surface area contributed by atoms with Gasteiger partial charge in [0.1, 0.15) is 11.4 Å². The van der Waals surface area contributed by atoms with E-state index in [1.54, 1.807) is 12.4 Å². The van der Waals surface area contributed by atoms with Crippen molar-refractivity contribution >= 4 is 44.7 Å². The Morgan fingerprint density at radius 3 is 2.58 bits per heavy atom. The number of fused-ring (bicyclic) bond motifs is 1. The maximum absolute atomic E-state index is 13.4. The summed E-state index contributed by atoms with van der Waals surface area (Å²) in [6.07, 6.45) is 4.79. The van der Waals surface area contributed by atoms with Gasteiger partial charge in [-0.05, 0) is 48.2 Å². The fourth-order valence-corrected chi connectivity index (χ4v) is 5.36. The Balaban J connectivity index is 1.49. The van der Waals surface area contributed by atoms with Crippen LogP contribution in [0.25, 0.3) is 10.9 Å². The van der Waals surface area contributed by atoms with E-state index < -0.39 is 5.60 Å². The number of benzene rings is 1. The van der Waals surface area contributed by atoms with Gasteiger partial charge in [0.25, 0.3) is 0 Å². The Bertz CT molecular complexity index is 1270. The lowest BCUT2D eigenvalue weighted by Gasteiger charge is -2.43. The van der Waals surface area contributed by atoms with Crippen LogP contribution < -0.4 is 9.80 Å². The van der Waals surface area contributed by atoms with Crippen LogP contribution in [0.3, 0.4) is 0 Å². The van der Waals surface area contributed by atoms with Crippen molar-refractivity contribution < 1.29 is 14.3 Å². The second-order valence-electron chi connectivity index (χ2n) is 10.4. The van der Waals surface area contributed by atoms with Gasteiger partial charge >= 0.3 is 6.09 Å². The number of aromatic nitrogens is 3. The van der Waals surface area contributed by atoms with Crippen molar-refractivity contribution in [2.75, 3.05) is 55.7 Å². The summed E-state index contributed by atoms with van der Waals surface area (Å²) >= 11 is 3.69. The molecule has 0 spiro atoms. The lowest BCUT2D eigenvalue weighted by molar-refractivity contribution is 0.00184. The Hall–Kier alpha value is -2.98. The number of ether oxygens (including phenoxy) is 2. The number of amides is 1. The minimum Gasteiger partial charge on any atom is -0.443 e. The molecule has 202 valence electrons. The van der Waals surface area contributed by atoms with E-state index in [0.29, 0.717) is 38.8 Å². The molecular formula is C28H35BrN6O3. The van der Waals surface area contributed by atoms with Gasteiger partial charge < -0.3 is 24.2 Å². The van der Waals surface area contributed by atoms with E-state index in [2.05, 4.69) is 42.8 Å². The zero-order valence-electron chi connectivity index (χ0n) is 22.3. The summed E-state index contributed by atoms with van der Waals surface area (Å²) in [6.45, 7) is 10.5. The Kier molecular flexibility index (Phi) is 7.99. The van der Waals surface area contributed by atoms with Crippen LogP contribution in [-0.4, -0.2) is 83.5 Å². The Labute approximate surface area is 232 Å². The molecular weight excluding hydrogens is 548 g/mol. The molecule has 5 rings (SSSR count). The lowest BCUT2D eigenvalue weighted by Crippen LogP contribution is -2.57. The highest BCUT2D eigenvalue weighted by Gasteiger charge is 2.35. The molecule has 1 atom stereocenters. The maximum atomic E-state index is 13.4. The molecule has 3 aromatic rings. The molecule has 0 saturated carbocycles. The summed E-state index contributed by atoms with van der Waals surface area (Å²) in [4.78, 5) is 34.0. The molecule has 0 aliphatic carbocycles. The van der Waals surface area contributed by atoms with Gasteiger partial charge in [-0.3, -0.25) is 4.98 Å². The first-order valence-electron chi connectivity index (χ1n) is 13.3. The molecule has 0 N–H and O–H groups in total. The predicted octanol–water partition coefficient (Wildman–Crippen LogP) is 4.68. The first kappa shape index (κ1) is 26.6. The summed E-state index contributed by atoms with van der Waals surface area (Å²) in [5, 5.41) is 0.929. The number of hydrogen-bond donors (Lipinski definition) is 0. The van der Waals surface area contributed by atoms with Crippen molar-refractivity contribution in [3.8, 4) is 0 Å². The monoisotopic (exact) mass is 582 g/mol. The average molecular weight is 584 g/mol. The molecule has 1 amide bonds. The molecule has 10 heteroatoms. The average Bonchev–Trinajstić information content (AvgIpc) is 2.93. The van der Waals surface area contributed by atoms with Crippen LogP contribution in [0, 0.1) is 0 Å². The molecule has 0 bridgehead atoms. The van der Waals surface area contributed by atoms with E-state index in [-0.39, 0.29) is 12.1 Å². The minimum atomic E-state index is -0.515. The number of carbonyl (C=O) groups is 1. The Morgan fingerprint density at radius 2 is 1.84 bits per heavy atom. The fraction of sp³-hybridized carbons (Fsp3) is 0.500. The Morgan fingerprint density at radius 1 is 1.08 bits per heavy atom. The smallest absolute Gasteiger partial charge is 0.410 e. The molecule has 38 heavy (non-hydrogen) atoms. The van der Waals surface area contributed by atoms with Crippen LogP contribution in [0.15, 0.2) is 47.2 Å². The number of nitrogens with zero attached hydrogens (tertiary/aromatic N) is 6. The molecule has 1 aromatic carbocycles. The van der Waals surface area contributed by atoms with E-state index in [1.807, 2.05) is 43.9 Å². The van der Waals surface area contributed by atoms with Crippen molar-refractivity contribution in [2.24, 2.45) is 0 Å². The van der Waals surface area contributed by atoms with Gasteiger partial charge in [0.05, 0.1) is 36.4 Å². The second kappa shape index (κ2) is 11.4. The van der Waals surface area contributed by atoms with Crippen LogP contribution in [-0.2, 0) is 15.9 Å². The van der Waals surface area contributed by atoms with Crippen molar-refractivity contribution in [3.63, 3.8) is 0 Å². The van der Waals surface area contributed by atoms with Gasteiger partial charge in [0, 0.05) is 43.4 Å². The summed E-state index contributed by atoms with van der Waals surface area (Å²) < 4.78 is 12.3. The third-order valence-electron chi connectivity index (χ3n) is 7.37. The van der Waals surface area contributed by atoms with Gasteiger partial charge in [-0.25, -0.2) is 9.78 Å². The SMILES string of the molecule is CCC(C)(C)OC(=O)N1CCN(c2nc(N3CCOCC3)nc3cncc(Br)c23)CC1Cc1ccccc1. The molecule has 2 saturated heterocycles. The first-order valence-corrected chi connectivity index (χ1v) is 14.1. The van der Waals surface area contributed by atoms with Crippen molar-refractivity contribution in [1.82, 2.24) is 19.9 Å². The lowest BCUT2D eigenvalue weighted by atomic mass is 10.0. The normalized spacial score (nSPS) is 18.6. The third-order valence-corrected chi connectivity index (χ3v) is 7.97. The van der Waals surface area contributed by atoms with Crippen molar-refractivity contribution in [1.29, 1.82) is 0 Å². The van der Waals surface area contributed by atoms with Gasteiger partial charge in [-0.2, -0.15) is 4.98 Å². The highest BCUT2D eigenvalue weighted by Crippen LogP contribution is 2.34. The highest BCUT2D eigenvalue weighted by atomic mass is 79.9. The zero-order valence-corrected chi connectivity index (χ0v) is 23.9. The van der Waals surface area contributed by atoms with E-state index in [4.69, 9.17) is 19.4 Å². The maximum Gasteiger partial charge on any atom is 0.410 e. The number of carbonyl (C=O) groups excluding carboxylic acids is 1. The van der Waals surface area contributed by atoms with Gasteiger partial charge in [0.2, 0.25) is 5.95 Å². The molecule has 2 fully saturated rings. The minimum absolute atomic E-state index is 0.0798. The number of anilines is 2. The van der Waals surface area contributed by atoms with Crippen LogP contribution in [0.2, 0.25) is 0 Å². The molecule has 1 unspecified atom stereocenters. The van der Waals surface area contributed by atoms with E-state index in [1.165, 1.54) is 5.56 Å². The van der Waals surface area contributed by atoms with Crippen LogP contribution >= 0.6 is 15.9 Å². The van der Waals surface area contributed by atoms with Gasteiger partial charge in [0.15, 0.2) is 0 Å². The third kappa shape index (κ3) is 5.86. The van der Waals surface area contributed by atoms with E-state index >= 15 is 0 Å². The van der Waals surface area contributed by atoms with E-state index in [0.717, 1.165) is 47.1 Å². The highest BCUT2D eigenvalue weighted by molar-refractivity contribution is 9.10. The predicted molar refractivity (Wildman–Crippen MR) is 152 cm³/mol. The summed E-state index contributed by atoms with van der Waals surface area (Å²) in [5.74, 6) is 1.53. The summed E-state index contributed by atoms with van der Waals surface area (Å²) in [7, 11) is 0. The molecule has 2 aliphatic rings. The number of halogens is 1. The van der Waals surface area contributed by atoms with Crippen molar-refractivity contribution in [2.45, 2.75) is 45.3 Å². The van der Waals surface area contributed by atoms with Crippen LogP contribution in [0.5, 0.6) is 0 Å². The van der Waals surface area contributed by atoms with Gasteiger partial charge in [-0.1, -0.05) is 37.3 Å².